The fraction of sp³-hybridized carbons (Fsp3) is 0.615. The van der Waals surface area contributed by atoms with Crippen LogP contribution in [0.5, 0.6) is 0 Å². The standard InChI is InChI=1S/C13H19NO5S2/c1-8-6-20-10(12(15)16)11(8)21(17,18)14-5-9(2)19-13(3,4)7-14/h6,9H,5,7H2,1-4H3,(H,15,16). The summed E-state index contributed by atoms with van der Waals surface area (Å²) >= 11 is 0.939. The molecular formula is C13H19NO5S2. The van der Waals surface area contributed by atoms with Crippen LogP contribution in [-0.2, 0) is 14.8 Å². The van der Waals surface area contributed by atoms with E-state index in [1.54, 1.807) is 12.3 Å². The molecule has 0 aliphatic carbocycles. The second-order valence-corrected chi connectivity index (χ2v) is 8.62. The van der Waals surface area contributed by atoms with Crippen LogP contribution in [0.1, 0.15) is 36.0 Å². The Labute approximate surface area is 128 Å². The van der Waals surface area contributed by atoms with Crippen molar-refractivity contribution in [3.05, 3.63) is 15.8 Å². The molecule has 1 atom stereocenters. The molecule has 0 spiro atoms. The van der Waals surface area contributed by atoms with Gasteiger partial charge in [0.15, 0.2) is 0 Å². The summed E-state index contributed by atoms with van der Waals surface area (Å²) in [6.07, 6.45) is -0.240. The monoisotopic (exact) mass is 333 g/mol. The SMILES string of the molecule is Cc1csc(C(=O)O)c1S(=O)(=O)N1CC(C)OC(C)(C)C1. The van der Waals surface area contributed by atoms with Crippen LogP contribution >= 0.6 is 11.3 Å². The topological polar surface area (TPSA) is 83.9 Å². The van der Waals surface area contributed by atoms with E-state index >= 15 is 0 Å². The van der Waals surface area contributed by atoms with E-state index in [2.05, 4.69) is 0 Å². The Balaban J connectivity index is 2.48. The number of hydrogen-bond acceptors (Lipinski definition) is 5. The lowest BCUT2D eigenvalue weighted by Crippen LogP contribution is -2.53. The summed E-state index contributed by atoms with van der Waals surface area (Å²) in [6.45, 7) is 7.49. The van der Waals surface area contributed by atoms with Gasteiger partial charge in [-0.1, -0.05) is 0 Å². The van der Waals surface area contributed by atoms with Crippen molar-refractivity contribution >= 4 is 27.3 Å². The minimum Gasteiger partial charge on any atom is -0.477 e. The first kappa shape index (κ1) is 16.4. The molecule has 0 radical (unpaired) electrons. The summed E-state index contributed by atoms with van der Waals surface area (Å²) in [6, 6.07) is 0. The summed E-state index contributed by atoms with van der Waals surface area (Å²) in [5, 5.41) is 10.8. The maximum absolute atomic E-state index is 12.8. The minimum atomic E-state index is -3.85. The Kier molecular flexibility index (Phi) is 4.18. The molecule has 2 rings (SSSR count). The van der Waals surface area contributed by atoms with Crippen molar-refractivity contribution in [2.75, 3.05) is 13.1 Å². The van der Waals surface area contributed by atoms with Gasteiger partial charge >= 0.3 is 5.97 Å². The number of sulfonamides is 1. The third-order valence-electron chi connectivity index (χ3n) is 3.25. The number of aryl methyl sites for hydroxylation is 1. The molecule has 0 aromatic carbocycles. The smallest absolute Gasteiger partial charge is 0.347 e. The van der Waals surface area contributed by atoms with E-state index in [0.717, 1.165) is 11.3 Å². The number of rotatable bonds is 3. The largest absolute Gasteiger partial charge is 0.477 e. The lowest BCUT2D eigenvalue weighted by molar-refractivity contribution is -0.109. The van der Waals surface area contributed by atoms with Crippen LogP contribution in [0, 0.1) is 6.92 Å². The molecule has 1 fully saturated rings. The highest BCUT2D eigenvalue weighted by Crippen LogP contribution is 2.32. The second kappa shape index (κ2) is 5.35. The second-order valence-electron chi connectivity index (χ2n) is 5.87. The number of aromatic carboxylic acids is 1. The zero-order chi connectivity index (χ0) is 16.0. The molecule has 1 aliphatic heterocycles. The van der Waals surface area contributed by atoms with Crippen LogP contribution in [0.15, 0.2) is 10.3 Å². The van der Waals surface area contributed by atoms with E-state index in [1.807, 2.05) is 20.8 Å². The molecule has 0 saturated carbocycles. The molecule has 6 nitrogen and oxygen atoms in total. The number of thiophene rings is 1. The van der Waals surface area contributed by atoms with Crippen LogP contribution in [0.3, 0.4) is 0 Å². The molecule has 1 saturated heterocycles. The Morgan fingerprint density at radius 2 is 2.14 bits per heavy atom. The van der Waals surface area contributed by atoms with Crippen LogP contribution in [0.4, 0.5) is 0 Å². The van der Waals surface area contributed by atoms with Crippen molar-refractivity contribution in [3.8, 4) is 0 Å². The van der Waals surface area contributed by atoms with Gasteiger partial charge in [-0.25, -0.2) is 13.2 Å². The van der Waals surface area contributed by atoms with E-state index in [4.69, 9.17) is 4.74 Å². The fourth-order valence-corrected chi connectivity index (χ4v) is 5.86. The van der Waals surface area contributed by atoms with E-state index in [1.165, 1.54) is 4.31 Å². The van der Waals surface area contributed by atoms with Gasteiger partial charge in [-0.05, 0) is 38.6 Å². The van der Waals surface area contributed by atoms with E-state index < -0.39 is 21.6 Å². The molecule has 1 aromatic heterocycles. The summed E-state index contributed by atoms with van der Waals surface area (Å²) < 4.78 is 32.7. The third-order valence-corrected chi connectivity index (χ3v) is 6.46. The summed E-state index contributed by atoms with van der Waals surface area (Å²) in [5.74, 6) is -1.22. The van der Waals surface area contributed by atoms with E-state index in [9.17, 15) is 18.3 Å². The van der Waals surface area contributed by atoms with Crippen LogP contribution in [0.2, 0.25) is 0 Å². The van der Waals surface area contributed by atoms with Crippen molar-refractivity contribution in [3.63, 3.8) is 0 Å². The number of carboxylic acids is 1. The van der Waals surface area contributed by atoms with Gasteiger partial charge in [-0.15, -0.1) is 11.3 Å². The Hall–Kier alpha value is -0.960. The fourth-order valence-electron chi connectivity index (χ4n) is 2.61. The van der Waals surface area contributed by atoms with Crippen LogP contribution in [0.25, 0.3) is 0 Å². The summed E-state index contributed by atoms with van der Waals surface area (Å²) in [5.41, 5.74) is -0.132. The van der Waals surface area contributed by atoms with Gasteiger partial charge in [-0.2, -0.15) is 4.31 Å². The summed E-state index contributed by atoms with van der Waals surface area (Å²) in [4.78, 5) is 11.0. The van der Waals surface area contributed by atoms with Gasteiger partial charge < -0.3 is 9.84 Å². The van der Waals surface area contributed by atoms with E-state index in [0.29, 0.717) is 5.56 Å². The van der Waals surface area contributed by atoms with Gasteiger partial charge in [0.05, 0.1) is 11.7 Å². The zero-order valence-electron chi connectivity index (χ0n) is 12.4. The lowest BCUT2D eigenvalue weighted by atomic mass is 10.1. The first-order valence-electron chi connectivity index (χ1n) is 6.54. The normalized spacial score (nSPS) is 23.1. The number of hydrogen-bond donors (Lipinski definition) is 1. The van der Waals surface area contributed by atoms with Crippen LogP contribution < -0.4 is 0 Å². The Morgan fingerprint density at radius 1 is 1.52 bits per heavy atom. The maximum atomic E-state index is 12.8. The summed E-state index contributed by atoms with van der Waals surface area (Å²) in [7, 11) is -3.85. The molecule has 118 valence electrons. The van der Waals surface area contributed by atoms with Gasteiger partial charge in [0.2, 0.25) is 10.0 Å². The number of ether oxygens (including phenoxy) is 1. The van der Waals surface area contributed by atoms with Gasteiger partial charge in [0.25, 0.3) is 0 Å². The molecule has 0 bridgehead atoms. The van der Waals surface area contributed by atoms with Crippen molar-refractivity contribution in [1.29, 1.82) is 0 Å². The molecule has 1 aliphatic rings. The van der Waals surface area contributed by atoms with Crippen molar-refractivity contribution in [2.24, 2.45) is 0 Å². The van der Waals surface area contributed by atoms with Crippen molar-refractivity contribution in [2.45, 2.75) is 44.3 Å². The zero-order valence-corrected chi connectivity index (χ0v) is 14.0. The van der Waals surface area contributed by atoms with Crippen molar-refractivity contribution in [1.82, 2.24) is 4.31 Å². The molecule has 1 aromatic rings. The predicted molar refractivity (Wildman–Crippen MR) is 79.4 cm³/mol. The highest BCUT2D eigenvalue weighted by atomic mass is 32.2. The van der Waals surface area contributed by atoms with Crippen LogP contribution in [-0.4, -0.2) is 48.6 Å². The van der Waals surface area contributed by atoms with Gasteiger partial charge in [0.1, 0.15) is 9.77 Å². The quantitative estimate of drug-likeness (QED) is 0.914. The molecule has 2 heterocycles. The number of nitrogens with zero attached hydrogens (tertiary/aromatic N) is 1. The minimum absolute atomic E-state index is 0.0927. The highest BCUT2D eigenvalue weighted by Gasteiger charge is 2.40. The molecule has 8 heteroatoms. The molecule has 0 amide bonds. The first-order valence-corrected chi connectivity index (χ1v) is 8.86. The first-order chi connectivity index (χ1) is 9.54. The van der Waals surface area contributed by atoms with E-state index in [-0.39, 0.29) is 29.0 Å². The Morgan fingerprint density at radius 3 is 2.67 bits per heavy atom. The lowest BCUT2D eigenvalue weighted by Gasteiger charge is -2.40. The highest BCUT2D eigenvalue weighted by molar-refractivity contribution is 7.89. The maximum Gasteiger partial charge on any atom is 0.347 e. The van der Waals surface area contributed by atoms with Crippen molar-refractivity contribution < 1.29 is 23.1 Å². The predicted octanol–water partition coefficient (Wildman–Crippen LogP) is 1.94. The average molecular weight is 333 g/mol. The van der Waals surface area contributed by atoms with Gasteiger partial charge in [0, 0.05) is 13.1 Å². The third kappa shape index (κ3) is 3.13. The number of morpholine rings is 1. The molecular weight excluding hydrogens is 314 g/mol. The Bertz CT molecular complexity index is 662. The average Bonchev–Trinajstić information content (AvgIpc) is 2.69. The number of carboxylic acid groups (broad SMARTS) is 1. The molecule has 1 N–H and O–H groups in total. The molecule has 1 unspecified atom stereocenters. The molecule has 21 heavy (non-hydrogen) atoms. The van der Waals surface area contributed by atoms with Gasteiger partial charge in [-0.3, -0.25) is 0 Å². The number of carbonyl (C=O) groups is 1.